The van der Waals surface area contributed by atoms with Gasteiger partial charge in [0.2, 0.25) is 0 Å². The number of rotatable bonds is 1. The molecule has 1 rings (SSSR count). The first-order valence-corrected chi connectivity index (χ1v) is 6.73. The zero-order valence-corrected chi connectivity index (χ0v) is 7.83. The summed E-state index contributed by atoms with van der Waals surface area (Å²) in [6, 6.07) is 4.95. The van der Waals surface area contributed by atoms with E-state index in [1.807, 2.05) is 0 Å². The van der Waals surface area contributed by atoms with Gasteiger partial charge in [0.05, 0.1) is 0 Å². The normalized spacial score (nSPS) is 11.6. The van der Waals surface area contributed by atoms with Crippen LogP contribution in [0.5, 0.6) is 0 Å². The Bertz CT molecular complexity index is 259. The molecule has 60 valence electrons. The van der Waals surface area contributed by atoms with Gasteiger partial charge in [-0.05, 0) is 12.1 Å². The van der Waals surface area contributed by atoms with Crippen molar-refractivity contribution in [1.29, 1.82) is 0 Å². The standard InChI is InChI=1S/C6H4Cl2F2Si/c7-11(8,10)6-3-1-2-5(9)4-6/h1-4H. The van der Waals surface area contributed by atoms with Gasteiger partial charge in [-0.2, -0.15) is 0 Å². The average molecular weight is 213 g/mol. The molecule has 5 heteroatoms. The molecule has 0 radical (unpaired) electrons. The molecule has 0 aliphatic carbocycles. The Kier molecular flexibility index (Phi) is 2.52. The molecule has 0 amide bonds. The summed E-state index contributed by atoms with van der Waals surface area (Å²) in [7, 11) is -3.86. The van der Waals surface area contributed by atoms with Crippen LogP contribution in [0.25, 0.3) is 0 Å². The molecule has 0 fully saturated rings. The molecule has 1 aromatic rings. The van der Waals surface area contributed by atoms with Gasteiger partial charge in [0.1, 0.15) is 5.82 Å². The molecule has 0 aliphatic heterocycles. The fourth-order valence-corrected chi connectivity index (χ4v) is 1.96. The van der Waals surface area contributed by atoms with Crippen molar-refractivity contribution in [2.45, 2.75) is 0 Å². The Labute approximate surface area is 73.3 Å². The van der Waals surface area contributed by atoms with Crippen molar-refractivity contribution in [3.8, 4) is 0 Å². The highest BCUT2D eigenvalue weighted by Gasteiger charge is 2.31. The number of hydrogen-bond donors (Lipinski definition) is 0. The van der Waals surface area contributed by atoms with Crippen molar-refractivity contribution in [3.63, 3.8) is 0 Å². The number of hydrogen-bond acceptors (Lipinski definition) is 0. The van der Waals surface area contributed by atoms with Gasteiger partial charge < -0.3 is 0 Å². The van der Waals surface area contributed by atoms with Gasteiger partial charge >= 0.3 is 7.03 Å². The third-order valence-corrected chi connectivity index (χ3v) is 3.43. The number of benzene rings is 1. The highest BCUT2D eigenvalue weighted by molar-refractivity contribution is 7.47. The molecule has 1 aromatic carbocycles. The minimum atomic E-state index is -3.86. The maximum atomic E-state index is 12.8. The second-order valence-electron chi connectivity index (χ2n) is 2.01. The van der Waals surface area contributed by atoms with Gasteiger partial charge in [-0.25, -0.2) is 4.39 Å². The zero-order chi connectivity index (χ0) is 8.48. The van der Waals surface area contributed by atoms with E-state index in [1.165, 1.54) is 18.2 Å². The van der Waals surface area contributed by atoms with Crippen LogP contribution in [0.1, 0.15) is 0 Å². The van der Waals surface area contributed by atoms with Gasteiger partial charge in [0.25, 0.3) is 0 Å². The first kappa shape index (κ1) is 8.97. The van der Waals surface area contributed by atoms with Gasteiger partial charge in [-0.1, -0.05) is 12.1 Å². The lowest BCUT2D eigenvalue weighted by Gasteiger charge is -2.04. The van der Waals surface area contributed by atoms with Gasteiger partial charge in [-0.3, -0.25) is 4.11 Å². The predicted molar refractivity (Wildman–Crippen MR) is 44.6 cm³/mol. The SMILES string of the molecule is Fc1cccc([Si](F)(Cl)Cl)c1. The first-order valence-electron chi connectivity index (χ1n) is 2.83. The maximum Gasteiger partial charge on any atom is 0.465 e. The Morgan fingerprint density at radius 2 is 1.91 bits per heavy atom. The van der Waals surface area contributed by atoms with Crippen LogP contribution in [0.4, 0.5) is 8.50 Å². The van der Waals surface area contributed by atoms with Gasteiger partial charge in [-0.15, -0.1) is 22.2 Å². The molecule has 11 heavy (non-hydrogen) atoms. The van der Waals surface area contributed by atoms with Crippen molar-refractivity contribution >= 4 is 34.4 Å². The number of halogens is 4. The minimum absolute atomic E-state index is 0.0424. The van der Waals surface area contributed by atoms with Crippen molar-refractivity contribution in [3.05, 3.63) is 30.1 Å². The summed E-state index contributed by atoms with van der Waals surface area (Å²) < 4.78 is 25.2. The molecule has 0 atom stereocenters. The maximum absolute atomic E-state index is 12.8. The Morgan fingerprint density at radius 1 is 1.27 bits per heavy atom. The largest absolute Gasteiger partial charge is 0.465 e. The van der Waals surface area contributed by atoms with E-state index < -0.39 is 12.8 Å². The molecule has 0 aromatic heterocycles. The quantitative estimate of drug-likeness (QED) is 0.496. The minimum Gasteiger partial charge on any atom is -0.266 e. The van der Waals surface area contributed by atoms with Crippen LogP contribution in [-0.2, 0) is 0 Å². The van der Waals surface area contributed by atoms with E-state index in [0.717, 1.165) is 6.07 Å². The lowest BCUT2D eigenvalue weighted by molar-refractivity contribution is 0.628. The average Bonchev–Trinajstić information content (AvgIpc) is 1.86. The second kappa shape index (κ2) is 3.09. The van der Waals surface area contributed by atoms with Crippen LogP contribution >= 0.6 is 22.2 Å². The highest BCUT2D eigenvalue weighted by atomic mass is 35.7. The fourth-order valence-electron chi connectivity index (χ4n) is 0.665. The van der Waals surface area contributed by atoms with Crippen molar-refractivity contribution in [2.24, 2.45) is 0 Å². The molecule has 0 bridgehead atoms. The van der Waals surface area contributed by atoms with E-state index in [1.54, 1.807) is 0 Å². The summed E-state index contributed by atoms with van der Waals surface area (Å²) in [6.07, 6.45) is 0. The monoisotopic (exact) mass is 212 g/mol. The van der Waals surface area contributed by atoms with Crippen LogP contribution in [0.3, 0.4) is 0 Å². The topological polar surface area (TPSA) is 0 Å². The second-order valence-corrected chi connectivity index (χ2v) is 7.29. The smallest absolute Gasteiger partial charge is 0.266 e. The fraction of sp³-hybridized carbons (Fsp3) is 0. The van der Waals surface area contributed by atoms with Crippen LogP contribution in [0.2, 0.25) is 0 Å². The van der Waals surface area contributed by atoms with E-state index >= 15 is 0 Å². The third-order valence-electron chi connectivity index (χ3n) is 1.15. The Balaban J connectivity index is 3.06. The molecule has 0 nitrogen and oxygen atoms in total. The molecule has 0 unspecified atom stereocenters. The molecule has 0 saturated carbocycles. The summed E-state index contributed by atoms with van der Waals surface area (Å²) in [5, 5.41) is 0.0424. The highest BCUT2D eigenvalue weighted by Crippen LogP contribution is 2.15. The van der Waals surface area contributed by atoms with E-state index in [4.69, 9.17) is 22.2 Å². The van der Waals surface area contributed by atoms with E-state index in [2.05, 4.69) is 0 Å². The third kappa shape index (κ3) is 2.43. The summed E-state index contributed by atoms with van der Waals surface area (Å²) in [4.78, 5) is 0. The van der Waals surface area contributed by atoms with E-state index in [0.29, 0.717) is 0 Å². The molecular formula is C6H4Cl2F2Si. The van der Waals surface area contributed by atoms with Crippen molar-refractivity contribution in [1.82, 2.24) is 0 Å². The first-order chi connectivity index (χ1) is 5.00. The summed E-state index contributed by atoms with van der Waals surface area (Å²) in [5.74, 6) is -0.529. The lowest BCUT2D eigenvalue weighted by atomic mass is 10.3. The van der Waals surface area contributed by atoms with E-state index in [9.17, 15) is 8.50 Å². The molecule has 0 aliphatic rings. The van der Waals surface area contributed by atoms with Crippen LogP contribution in [-0.4, -0.2) is 7.03 Å². The van der Waals surface area contributed by atoms with E-state index in [-0.39, 0.29) is 5.19 Å². The van der Waals surface area contributed by atoms with Crippen molar-refractivity contribution < 1.29 is 8.50 Å². The Morgan fingerprint density at radius 3 is 2.27 bits per heavy atom. The predicted octanol–water partition coefficient (Wildman–Crippen LogP) is 2.42. The summed E-state index contributed by atoms with van der Waals surface area (Å²) in [5.41, 5.74) is 0. The van der Waals surface area contributed by atoms with Crippen LogP contribution in [0.15, 0.2) is 24.3 Å². The van der Waals surface area contributed by atoms with Crippen molar-refractivity contribution in [2.75, 3.05) is 0 Å². The summed E-state index contributed by atoms with van der Waals surface area (Å²) >= 11 is 10.4. The summed E-state index contributed by atoms with van der Waals surface area (Å²) in [6.45, 7) is 0. The molecule has 0 heterocycles. The zero-order valence-electron chi connectivity index (χ0n) is 5.32. The Hall–Kier alpha value is -0.123. The molecular weight excluding hydrogens is 209 g/mol. The molecule has 0 N–H and O–H groups in total. The lowest BCUT2D eigenvalue weighted by Crippen LogP contribution is -2.31. The molecule has 0 saturated heterocycles. The van der Waals surface area contributed by atoms with Gasteiger partial charge in [0, 0.05) is 5.19 Å². The van der Waals surface area contributed by atoms with Crippen LogP contribution in [0, 0.1) is 5.82 Å². The van der Waals surface area contributed by atoms with Crippen LogP contribution < -0.4 is 5.19 Å². The molecule has 0 spiro atoms. The van der Waals surface area contributed by atoms with Gasteiger partial charge in [0.15, 0.2) is 0 Å².